The monoisotopic (exact) mass is 244 g/mol. The van der Waals surface area contributed by atoms with Gasteiger partial charge in [-0.15, -0.1) is 38.7 Å². The van der Waals surface area contributed by atoms with Crippen molar-refractivity contribution in [1.29, 1.82) is 0 Å². The largest absolute Gasteiger partial charge is 0.266 e. The second-order valence-electron chi connectivity index (χ2n) is 0.429. The van der Waals surface area contributed by atoms with Gasteiger partial charge in [0.1, 0.15) is 0 Å². The van der Waals surface area contributed by atoms with Crippen LogP contribution in [0.3, 0.4) is 0 Å². The molecule has 0 heterocycles. The van der Waals surface area contributed by atoms with E-state index in [-0.39, 0.29) is 12.4 Å². The van der Waals surface area contributed by atoms with Crippen LogP contribution in [0, 0.1) is 0 Å². The van der Waals surface area contributed by atoms with Gasteiger partial charge in [0.15, 0.2) is 0 Å². The third-order valence-corrected chi connectivity index (χ3v) is 0. The van der Waals surface area contributed by atoms with Crippen LogP contribution in [0.15, 0.2) is 26.3 Å². The molecule has 0 atom stereocenters. The fourth-order valence-electron chi connectivity index (χ4n) is 0. The van der Waals surface area contributed by atoms with E-state index in [1.807, 2.05) is 0 Å². The maximum atomic E-state index is 4.83. The van der Waals surface area contributed by atoms with E-state index < -0.39 is 3.25 Å². The summed E-state index contributed by atoms with van der Waals surface area (Å²) in [7, 11) is 0. The molecule has 0 unspecified atom stereocenters. The predicted octanol–water partition coefficient (Wildman–Crippen LogP) is 4.58. The maximum Gasteiger partial charge on any atom is 0.266 e. The Kier molecular flexibility index (Phi) is 37.0. The van der Waals surface area contributed by atoms with Gasteiger partial charge in [-0.3, -0.25) is 0 Å². The minimum Gasteiger partial charge on any atom is -0.147 e. The molecule has 0 saturated heterocycles. The fourth-order valence-corrected chi connectivity index (χ4v) is 0. The summed E-state index contributed by atoms with van der Waals surface area (Å²) in [6.45, 7) is 12.0. The van der Waals surface area contributed by atoms with Crippen LogP contribution in [-0.2, 0) is 0 Å². The highest BCUT2D eigenvalue weighted by molar-refractivity contribution is 6.83. The molecule has 0 aliphatic rings. The molecule has 0 N–H and O–H groups in total. The van der Waals surface area contributed by atoms with Crippen molar-refractivity contribution in [2.24, 2.45) is 0 Å². The van der Waals surface area contributed by atoms with Crippen LogP contribution in [0.25, 0.3) is 0 Å². The summed E-state index contributed by atoms with van der Waals surface area (Å²) in [6, 6.07) is 0. The van der Waals surface area contributed by atoms with E-state index in [2.05, 4.69) is 26.3 Å². The molecule has 10 heavy (non-hydrogen) atoms. The minimum atomic E-state index is -1.61. The minimum absolute atomic E-state index is 0. The molecule has 0 fully saturated rings. The molecule has 0 saturated carbocycles. The van der Waals surface area contributed by atoms with Gasteiger partial charge < -0.3 is 0 Å². The van der Waals surface area contributed by atoms with Crippen LogP contribution >= 0.6 is 58.8 Å². The van der Waals surface area contributed by atoms with Gasteiger partial charge >= 0.3 is 0 Å². The average Bonchev–Trinajstić information content (AvgIpc) is 1.72. The number of rotatable bonds is 0. The number of hydrogen-bond acceptors (Lipinski definition) is 0. The van der Waals surface area contributed by atoms with Crippen molar-refractivity contribution in [3.63, 3.8) is 0 Å². The van der Waals surface area contributed by atoms with Crippen molar-refractivity contribution in [1.82, 2.24) is 0 Å². The van der Waals surface area contributed by atoms with Gasteiger partial charge in [0.05, 0.1) is 0 Å². The van der Waals surface area contributed by atoms with Gasteiger partial charge in [0.2, 0.25) is 0 Å². The molecule has 0 rings (SSSR count). The first-order chi connectivity index (χ1) is 4.00. The van der Waals surface area contributed by atoms with Gasteiger partial charge in [-0.1, -0.05) is 46.4 Å². The molecule has 0 radical (unpaired) electrons. The third-order valence-electron chi connectivity index (χ3n) is 0. The van der Waals surface area contributed by atoms with E-state index in [1.54, 1.807) is 0 Å². The van der Waals surface area contributed by atoms with Crippen LogP contribution in [-0.4, -0.2) is 3.25 Å². The summed E-state index contributed by atoms with van der Waals surface area (Å²) in [5.41, 5.74) is 0. The molecule has 0 aromatic heterocycles. The zero-order valence-corrected chi connectivity index (χ0v) is 9.09. The summed E-state index contributed by atoms with van der Waals surface area (Å²) >= 11 is 19.3. The summed E-state index contributed by atoms with van der Waals surface area (Å²) in [6.07, 6.45) is 0. The first kappa shape index (κ1) is 22.4. The quantitative estimate of drug-likeness (QED) is 0.433. The zero-order valence-electron chi connectivity index (χ0n) is 5.25. The van der Waals surface area contributed by atoms with E-state index in [0.717, 1.165) is 0 Å². The summed E-state index contributed by atoms with van der Waals surface area (Å²) in [5, 5.41) is 0. The van der Waals surface area contributed by atoms with Gasteiger partial charge in [0, 0.05) is 0 Å². The standard InChI is InChI=1S/2C2H4.CCl4.ClH/c2*1-2;2-1(3,4)5;/h2*1-2H2;;1H. The van der Waals surface area contributed by atoms with E-state index in [1.165, 1.54) is 0 Å². The lowest BCUT2D eigenvalue weighted by molar-refractivity contribution is 1.76. The molecule has 0 aliphatic heterocycles. The van der Waals surface area contributed by atoms with Gasteiger partial charge in [-0.05, 0) is 0 Å². The second-order valence-corrected chi connectivity index (χ2v) is 3.86. The topological polar surface area (TPSA) is 0 Å². The Morgan fingerprint density at radius 3 is 0.700 bits per heavy atom. The van der Waals surface area contributed by atoms with Crippen molar-refractivity contribution < 1.29 is 0 Å². The van der Waals surface area contributed by atoms with Crippen LogP contribution in [0.4, 0.5) is 0 Å². The maximum absolute atomic E-state index is 4.83. The van der Waals surface area contributed by atoms with Crippen LogP contribution in [0.1, 0.15) is 0 Å². The summed E-state index contributed by atoms with van der Waals surface area (Å²) < 4.78 is -1.61. The Bertz CT molecular complexity index is 40.5. The van der Waals surface area contributed by atoms with E-state index in [4.69, 9.17) is 46.4 Å². The smallest absolute Gasteiger partial charge is 0.147 e. The van der Waals surface area contributed by atoms with Crippen LogP contribution in [0.2, 0.25) is 0 Å². The lowest BCUT2D eigenvalue weighted by atomic mass is 11.3. The molecule has 0 bridgehead atoms. The van der Waals surface area contributed by atoms with Crippen molar-refractivity contribution in [2.75, 3.05) is 0 Å². The van der Waals surface area contributed by atoms with Crippen molar-refractivity contribution in [3.05, 3.63) is 26.3 Å². The Morgan fingerprint density at radius 2 is 0.700 bits per heavy atom. The Morgan fingerprint density at radius 1 is 0.700 bits per heavy atom. The highest BCUT2D eigenvalue weighted by atomic mass is 35.6. The fraction of sp³-hybridized carbons (Fsp3) is 0.200. The molecular weight excluding hydrogens is 237 g/mol. The second kappa shape index (κ2) is 16.5. The van der Waals surface area contributed by atoms with Crippen molar-refractivity contribution in [3.8, 4) is 0 Å². The molecule has 0 aliphatic carbocycles. The van der Waals surface area contributed by atoms with Crippen LogP contribution in [0.5, 0.6) is 0 Å². The van der Waals surface area contributed by atoms with E-state index >= 15 is 0 Å². The molecule has 64 valence electrons. The van der Waals surface area contributed by atoms with Gasteiger partial charge in [-0.25, -0.2) is 0 Å². The molecule has 0 aromatic rings. The molecule has 0 amide bonds. The summed E-state index contributed by atoms with van der Waals surface area (Å²) in [4.78, 5) is 0. The van der Waals surface area contributed by atoms with Gasteiger partial charge in [-0.2, -0.15) is 0 Å². The number of alkyl halides is 4. The number of hydrogen-bond donors (Lipinski definition) is 0. The first-order valence-electron chi connectivity index (χ1n) is 1.76. The Hall–Kier alpha value is 0.930. The van der Waals surface area contributed by atoms with E-state index in [0.29, 0.717) is 0 Å². The third kappa shape index (κ3) is 649. The Labute approximate surface area is 88.2 Å². The zero-order chi connectivity index (χ0) is 8.50. The normalized spacial score (nSPS) is 6.80. The molecule has 0 nitrogen and oxygen atoms in total. The van der Waals surface area contributed by atoms with Crippen molar-refractivity contribution >= 4 is 58.8 Å². The average molecular weight is 246 g/mol. The first-order valence-corrected chi connectivity index (χ1v) is 3.27. The SMILES string of the molecule is C=C.C=C.Cl.ClC(Cl)(Cl)Cl. The molecular formula is C5H9Cl5. The lowest BCUT2D eigenvalue weighted by Crippen LogP contribution is -1.81. The highest BCUT2D eigenvalue weighted by Gasteiger charge is 2.11. The highest BCUT2D eigenvalue weighted by Crippen LogP contribution is 2.29. The predicted molar refractivity (Wildman–Crippen MR) is 55.9 cm³/mol. The number of halogens is 5. The molecule has 0 aromatic carbocycles. The lowest BCUT2D eigenvalue weighted by Gasteiger charge is -1.91. The summed E-state index contributed by atoms with van der Waals surface area (Å²) in [5.74, 6) is 0. The van der Waals surface area contributed by atoms with E-state index in [9.17, 15) is 0 Å². The van der Waals surface area contributed by atoms with Gasteiger partial charge in [0.25, 0.3) is 3.25 Å². The molecule has 5 heteroatoms. The molecule has 0 spiro atoms. The van der Waals surface area contributed by atoms with Crippen LogP contribution < -0.4 is 0 Å². The Balaban J connectivity index is -0.0000000315. The van der Waals surface area contributed by atoms with Crippen molar-refractivity contribution in [2.45, 2.75) is 3.25 Å².